The van der Waals surface area contributed by atoms with Gasteiger partial charge in [0.1, 0.15) is 0 Å². The Morgan fingerprint density at radius 1 is 1.00 bits per heavy atom. The van der Waals surface area contributed by atoms with Crippen LogP contribution < -0.4 is 0 Å². The second-order valence-corrected chi connectivity index (χ2v) is 7.81. The van der Waals surface area contributed by atoms with Crippen molar-refractivity contribution in [3.05, 3.63) is 0 Å². The molecule has 2 nitrogen and oxygen atoms in total. The molecule has 3 unspecified atom stereocenters. The molecule has 0 aliphatic carbocycles. The molecule has 0 bridgehead atoms. The van der Waals surface area contributed by atoms with Crippen LogP contribution in [0, 0.1) is 10.8 Å². The molecule has 0 amide bonds. The summed E-state index contributed by atoms with van der Waals surface area (Å²) in [4.78, 5) is 0. The number of rotatable bonds is 3. The quantitative estimate of drug-likeness (QED) is 0.750. The highest BCUT2D eigenvalue weighted by molar-refractivity contribution is 7.85. The van der Waals surface area contributed by atoms with Crippen molar-refractivity contribution in [2.24, 2.45) is 10.8 Å². The van der Waals surface area contributed by atoms with E-state index in [9.17, 15) is 4.21 Å². The van der Waals surface area contributed by atoms with Crippen molar-refractivity contribution in [1.82, 2.24) is 0 Å². The van der Waals surface area contributed by atoms with Crippen LogP contribution >= 0.6 is 0 Å². The van der Waals surface area contributed by atoms with E-state index in [1.165, 1.54) is 0 Å². The lowest BCUT2D eigenvalue weighted by Crippen LogP contribution is -2.48. The lowest BCUT2D eigenvalue weighted by Gasteiger charge is -2.41. The molecular weight excluding hydrogens is 208 g/mol. The predicted molar refractivity (Wildman–Crippen MR) is 67.6 cm³/mol. The molecule has 0 rings (SSSR count). The zero-order valence-electron chi connectivity index (χ0n) is 11.4. The maximum Gasteiger partial charge on any atom is 0.0767 e. The average Bonchev–Trinajstić information content (AvgIpc) is 1.93. The molecule has 0 aromatic carbocycles. The number of ether oxygens (including phenoxy) is 1. The summed E-state index contributed by atoms with van der Waals surface area (Å²) >= 11 is 0. The van der Waals surface area contributed by atoms with Gasteiger partial charge in [-0.1, -0.05) is 41.5 Å². The van der Waals surface area contributed by atoms with E-state index in [1.807, 2.05) is 0 Å². The van der Waals surface area contributed by atoms with Crippen LogP contribution in [0.3, 0.4) is 0 Å². The molecule has 0 saturated heterocycles. The highest BCUT2D eigenvalue weighted by Gasteiger charge is 2.41. The Bertz CT molecular complexity index is 223. The van der Waals surface area contributed by atoms with Gasteiger partial charge in [0.15, 0.2) is 0 Å². The minimum absolute atomic E-state index is 0.00638. The second-order valence-electron chi connectivity index (χ2n) is 6.31. The topological polar surface area (TPSA) is 26.3 Å². The summed E-state index contributed by atoms with van der Waals surface area (Å²) in [6.45, 7) is 12.8. The minimum atomic E-state index is -0.874. The van der Waals surface area contributed by atoms with Crippen molar-refractivity contribution >= 4 is 10.8 Å². The normalized spacial score (nSPS) is 19.7. The van der Waals surface area contributed by atoms with E-state index >= 15 is 0 Å². The summed E-state index contributed by atoms with van der Waals surface area (Å²) in [6, 6.07) is 0. The van der Waals surface area contributed by atoms with Crippen LogP contribution in [-0.4, -0.2) is 28.9 Å². The van der Waals surface area contributed by atoms with Crippen molar-refractivity contribution in [2.45, 2.75) is 52.9 Å². The lowest BCUT2D eigenvalue weighted by atomic mass is 9.78. The molecule has 0 radical (unpaired) electrons. The first-order chi connectivity index (χ1) is 6.51. The Labute approximate surface area is 97.2 Å². The van der Waals surface area contributed by atoms with Gasteiger partial charge < -0.3 is 4.74 Å². The van der Waals surface area contributed by atoms with Gasteiger partial charge in [-0.3, -0.25) is 4.21 Å². The van der Waals surface area contributed by atoms with Crippen molar-refractivity contribution in [3.8, 4) is 0 Å². The first-order valence-corrected chi connectivity index (χ1v) is 6.99. The van der Waals surface area contributed by atoms with Gasteiger partial charge in [0, 0.05) is 24.2 Å². The molecule has 0 spiro atoms. The van der Waals surface area contributed by atoms with Gasteiger partial charge in [0.25, 0.3) is 0 Å². The fraction of sp³-hybridized carbons (Fsp3) is 1.00. The molecule has 0 N–H and O–H groups in total. The molecule has 0 aromatic heterocycles. The molecule has 3 atom stereocenters. The molecule has 0 aliphatic heterocycles. The average molecular weight is 234 g/mol. The highest BCUT2D eigenvalue weighted by atomic mass is 32.2. The molecule has 92 valence electrons. The van der Waals surface area contributed by atoms with Gasteiger partial charge >= 0.3 is 0 Å². The van der Waals surface area contributed by atoms with E-state index in [4.69, 9.17) is 4.74 Å². The van der Waals surface area contributed by atoms with Gasteiger partial charge in [-0.25, -0.2) is 0 Å². The number of hydrogen-bond acceptors (Lipinski definition) is 2. The van der Waals surface area contributed by atoms with Crippen molar-refractivity contribution in [2.75, 3.05) is 13.4 Å². The molecule has 0 aliphatic rings. The summed E-state index contributed by atoms with van der Waals surface area (Å²) in [5, 5.41) is 0.0579. The Hall–Kier alpha value is 0.110. The standard InChI is InChI=1S/C12H26O2S/c1-11(2,3)9(14-7)10(15(8)13)12(4,5)6/h9-10H,1-8H3. The van der Waals surface area contributed by atoms with Crippen molar-refractivity contribution in [3.63, 3.8) is 0 Å². The number of hydrogen-bond donors (Lipinski definition) is 0. The molecule has 0 fully saturated rings. The first kappa shape index (κ1) is 15.1. The SMILES string of the molecule is COC(C(S(C)=O)C(C)(C)C)C(C)(C)C. The molecule has 0 saturated carbocycles. The van der Waals surface area contributed by atoms with Gasteiger partial charge in [-0.15, -0.1) is 0 Å². The summed E-state index contributed by atoms with van der Waals surface area (Å²) < 4.78 is 17.4. The monoisotopic (exact) mass is 234 g/mol. The summed E-state index contributed by atoms with van der Waals surface area (Å²) in [7, 11) is 0.836. The van der Waals surface area contributed by atoms with Crippen LogP contribution in [0.25, 0.3) is 0 Å². The molecule has 0 heterocycles. The fourth-order valence-electron chi connectivity index (χ4n) is 2.06. The summed E-state index contributed by atoms with van der Waals surface area (Å²) in [5.41, 5.74) is 0.00589. The van der Waals surface area contributed by atoms with E-state index in [1.54, 1.807) is 13.4 Å². The first-order valence-electron chi connectivity index (χ1n) is 5.37. The zero-order valence-corrected chi connectivity index (χ0v) is 12.2. The van der Waals surface area contributed by atoms with Crippen LogP contribution in [0.15, 0.2) is 0 Å². The summed E-state index contributed by atoms with van der Waals surface area (Å²) in [6.07, 6.45) is 1.79. The Balaban J connectivity index is 5.15. The van der Waals surface area contributed by atoms with Gasteiger partial charge in [-0.2, -0.15) is 0 Å². The predicted octanol–water partition coefficient (Wildman–Crippen LogP) is 2.84. The third-order valence-corrected chi connectivity index (χ3v) is 4.26. The van der Waals surface area contributed by atoms with E-state index < -0.39 is 10.8 Å². The number of methoxy groups -OCH3 is 1. The van der Waals surface area contributed by atoms with Crippen LogP contribution in [0.4, 0.5) is 0 Å². The molecular formula is C12H26O2S. The third kappa shape index (κ3) is 4.23. The Morgan fingerprint density at radius 3 is 1.47 bits per heavy atom. The van der Waals surface area contributed by atoms with Gasteiger partial charge in [0.05, 0.1) is 11.4 Å². The van der Waals surface area contributed by atoms with E-state index in [0.29, 0.717) is 0 Å². The van der Waals surface area contributed by atoms with E-state index in [2.05, 4.69) is 41.5 Å². The zero-order chi connectivity index (χ0) is 12.4. The fourth-order valence-corrected chi connectivity index (χ4v) is 3.92. The third-order valence-electron chi connectivity index (χ3n) is 2.59. The molecule has 3 heteroatoms. The second kappa shape index (κ2) is 4.96. The van der Waals surface area contributed by atoms with Crippen LogP contribution in [0.5, 0.6) is 0 Å². The van der Waals surface area contributed by atoms with E-state index in [0.717, 1.165) is 0 Å². The maximum absolute atomic E-state index is 11.9. The van der Waals surface area contributed by atoms with Gasteiger partial charge in [-0.05, 0) is 10.8 Å². The van der Waals surface area contributed by atoms with Crippen molar-refractivity contribution < 1.29 is 8.95 Å². The molecule has 0 aromatic rings. The summed E-state index contributed by atoms with van der Waals surface area (Å²) in [5.74, 6) is 0. The lowest BCUT2D eigenvalue weighted by molar-refractivity contribution is -0.00560. The van der Waals surface area contributed by atoms with Gasteiger partial charge in [0.2, 0.25) is 0 Å². The van der Waals surface area contributed by atoms with Crippen molar-refractivity contribution in [1.29, 1.82) is 0 Å². The minimum Gasteiger partial charge on any atom is -0.380 e. The Morgan fingerprint density at radius 2 is 1.40 bits per heavy atom. The van der Waals surface area contributed by atoms with E-state index in [-0.39, 0.29) is 22.2 Å². The van der Waals surface area contributed by atoms with Crippen LogP contribution in [-0.2, 0) is 15.5 Å². The smallest absolute Gasteiger partial charge is 0.0767 e. The maximum atomic E-state index is 11.9. The Kier molecular flexibility index (Phi) is 5.00. The molecule has 15 heavy (non-hydrogen) atoms. The van der Waals surface area contributed by atoms with Crippen LogP contribution in [0.1, 0.15) is 41.5 Å². The van der Waals surface area contributed by atoms with Crippen LogP contribution in [0.2, 0.25) is 0 Å². The highest BCUT2D eigenvalue weighted by Crippen LogP contribution is 2.35. The largest absolute Gasteiger partial charge is 0.380 e.